The SMILES string of the molecule is NC(C1=CCC2C(=C1)Cc1cc(-c3ccccc3)ccc12)C1=CC2Cc3ccccc3C2C(c2ccccc2)=C1. The summed E-state index contributed by atoms with van der Waals surface area (Å²) in [4.78, 5) is 0. The van der Waals surface area contributed by atoms with Crippen molar-refractivity contribution in [3.05, 3.63) is 172 Å². The van der Waals surface area contributed by atoms with Crippen molar-refractivity contribution < 1.29 is 0 Å². The summed E-state index contributed by atoms with van der Waals surface area (Å²) in [5.74, 6) is 1.34. The topological polar surface area (TPSA) is 26.0 Å². The molecule has 0 radical (unpaired) electrons. The highest BCUT2D eigenvalue weighted by molar-refractivity contribution is 5.78. The van der Waals surface area contributed by atoms with Crippen LogP contribution in [0.15, 0.2) is 144 Å². The summed E-state index contributed by atoms with van der Waals surface area (Å²) in [5.41, 5.74) is 22.4. The maximum Gasteiger partial charge on any atom is 0.0545 e. The third-order valence-corrected chi connectivity index (χ3v) is 9.57. The molecule has 40 heavy (non-hydrogen) atoms. The van der Waals surface area contributed by atoms with Crippen LogP contribution in [0.25, 0.3) is 16.7 Å². The van der Waals surface area contributed by atoms with E-state index in [4.69, 9.17) is 5.73 Å². The van der Waals surface area contributed by atoms with Crippen molar-refractivity contribution in [2.75, 3.05) is 0 Å². The van der Waals surface area contributed by atoms with Gasteiger partial charge in [-0.2, -0.15) is 0 Å². The first-order valence-corrected chi connectivity index (χ1v) is 14.6. The Morgan fingerprint density at radius 2 is 1.40 bits per heavy atom. The quantitative estimate of drug-likeness (QED) is 0.289. The molecule has 0 bridgehead atoms. The summed E-state index contributed by atoms with van der Waals surface area (Å²) in [6.07, 6.45) is 12.9. The molecule has 0 aromatic heterocycles. The van der Waals surface area contributed by atoms with Gasteiger partial charge >= 0.3 is 0 Å². The monoisotopic (exact) mass is 515 g/mol. The van der Waals surface area contributed by atoms with Crippen LogP contribution in [0.2, 0.25) is 0 Å². The highest BCUT2D eigenvalue weighted by Gasteiger charge is 2.38. The maximum absolute atomic E-state index is 7.11. The van der Waals surface area contributed by atoms with Crippen molar-refractivity contribution in [3.63, 3.8) is 0 Å². The average molecular weight is 516 g/mol. The maximum atomic E-state index is 7.11. The molecule has 0 fully saturated rings. The van der Waals surface area contributed by atoms with Crippen LogP contribution in [-0.4, -0.2) is 6.04 Å². The minimum absolute atomic E-state index is 0.111. The molecular weight excluding hydrogens is 482 g/mol. The van der Waals surface area contributed by atoms with Gasteiger partial charge in [0.15, 0.2) is 0 Å². The predicted molar refractivity (Wildman–Crippen MR) is 166 cm³/mol. The van der Waals surface area contributed by atoms with Crippen molar-refractivity contribution >= 4 is 5.57 Å². The van der Waals surface area contributed by atoms with Crippen LogP contribution in [-0.2, 0) is 12.8 Å². The molecule has 4 unspecified atom stereocenters. The Hall–Kier alpha value is -4.20. The molecule has 8 rings (SSSR count). The first-order valence-electron chi connectivity index (χ1n) is 14.6. The van der Waals surface area contributed by atoms with E-state index in [9.17, 15) is 0 Å². The fraction of sp³-hybridized carbons (Fsp3) is 0.179. The largest absolute Gasteiger partial charge is 0.320 e. The van der Waals surface area contributed by atoms with Gasteiger partial charge in [0.2, 0.25) is 0 Å². The molecule has 0 saturated heterocycles. The second-order valence-corrected chi connectivity index (χ2v) is 11.8. The number of hydrogen-bond donors (Lipinski definition) is 1. The molecule has 4 atom stereocenters. The molecule has 194 valence electrons. The molecule has 1 heteroatoms. The molecule has 2 N–H and O–H groups in total. The molecule has 4 aromatic carbocycles. The minimum atomic E-state index is -0.111. The zero-order chi connectivity index (χ0) is 26.6. The lowest BCUT2D eigenvalue weighted by molar-refractivity contribution is 0.630. The lowest BCUT2D eigenvalue weighted by Gasteiger charge is -2.30. The third-order valence-electron chi connectivity index (χ3n) is 9.57. The van der Waals surface area contributed by atoms with E-state index in [1.165, 1.54) is 61.2 Å². The lowest BCUT2D eigenvalue weighted by Crippen LogP contribution is -2.28. The van der Waals surface area contributed by atoms with Crippen molar-refractivity contribution in [1.82, 2.24) is 0 Å². The number of fused-ring (bicyclic) bond motifs is 6. The molecule has 4 aliphatic rings. The molecule has 1 nitrogen and oxygen atoms in total. The summed E-state index contributed by atoms with van der Waals surface area (Å²) >= 11 is 0. The van der Waals surface area contributed by atoms with Gasteiger partial charge in [-0.3, -0.25) is 0 Å². The van der Waals surface area contributed by atoms with E-state index in [0.29, 0.717) is 17.8 Å². The van der Waals surface area contributed by atoms with Gasteiger partial charge in [0, 0.05) is 11.8 Å². The Morgan fingerprint density at radius 3 is 2.23 bits per heavy atom. The van der Waals surface area contributed by atoms with E-state index < -0.39 is 0 Å². The zero-order valence-electron chi connectivity index (χ0n) is 22.6. The highest BCUT2D eigenvalue weighted by Crippen LogP contribution is 2.51. The number of rotatable bonds is 4. The van der Waals surface area contributed by atoms with Gasteiger partial charge in [0.1, 0.15) is 0 Å². The second kappa shape index (κ2) is 9.47. The first-order chi connectivity index (χ1) is 19.7. The van der Waals surface area contributed by atoms with Gasteiger partial charge in [-0.25, -0.2) is 0 Å². The summed E-state index contributed by atoms with van der Waals surface area (Å²) in [6.45, 7) is 0. The Morgan fingerprint density at radius 1 is 0.650 bits per heavy atom. The van der Waals surface area contributed by atoms with Crippen LogP contribution in [0.3, 0.4) is 0 Å². The van der Waals surface area contributed by atoms with Crippen molar-refractivity contribution in [2.45, 2.75) is 37.1 Å². The molecule has 0 aliphatic heterocycles. The van der Waals surface area contributed by atoms with Crippen LogP contribution in [0.1, 0.15) is 46.1 Å². The van der Waals surface area contributed by atoms with Gasteiger partial charge in [-0.05, 0) is 80.8 Å². The number of nitrogens with two attached hydrogens (primary N) is 1. The van der Waals surface area contributed by atoms with Gasteiger partial charge < -0.3 is 5.73 Å². The smallest absolute Gasteiger partial charge is 0.0545 e. The Bertz CT molecular complexity index is 1730. The van der Waals surface area contributed by atoms with E-state index in [1.54, 1.807) is 0 Å². The van der Waals surface area contributed by atoms with Gasteiger partial charge in [0.05, 0.1) is 6.04 Å². The summed E-state index contributed by atoms with van der Waals surface area (Å²) < 4.78 is 0. The Labute approximate surface area is 237 Å². The normalized spacial score (nSPS) is 23.1. The predicted octanol–water partition coefficient (Wildman–Crippen LogP) is 8.56. The van der Waals surface area contributed by atoms with Crippen molar-refractivity contribution in [1.29, 1.82) is 0 Å². The van der Waals surface area contributed by atoms with E-state index in [2.05, 4.69) is 127 Å². The molecular formula is C39H33N. The van der Waals surface area contributed by atoms with Crippen LogP contribution in [0.4, 0.5) is 0 Å². The summed E-state index contributed by atoms with van der Waals surface area (Å²) in [5, 5.41) is 0. The first kappa shape index (κ1) is 23.7. The number of hydrogen-bond acceptors (Lipinski definition) is 1. The van der Waals surface area contributed by atoms with E-state index >= 15 is 0 Å². The highest BCUT2D eigenvalue weighted by atomic mass is 14.6. The molecule has 0 spiro atoms. The number of allylic oxidation sites excluding steroid dienone is 4. The standard InChI is InChI=1S/C39H33N/c40-39(29-16-18-35-31(21-29)22-30-19-27(15-17-34(30)35)25-9-3-1-4-10-25)33-23-32-20-28-13-7-8-14-36(28)38(32)37(24-33)26-11-5-2-6-12-26/h1-17,19,21,23-24,32,35,38-39H,18,20,22,40H2. The Balaban J connectivity index is 1.11. The average Bonchev–Trinajstić information content (AvgIpc) is 3.58. The van der Waals surface area contributed by atoms with E-state index in [1.807, 2.05) is 0 Å². The fourth-order valence-corrected chi connectivity index (χ4v) is 7.65. The van der Waals surface area contributed by atoms with E-state index in [-0.39, 0.29) is 6.04 Å². The molecule has 4 aromatic rings. The fourth-order valence-electron chi connectivity index (χ4n) is 7.65. The van der Waals surface area contributed by atoms with Crippen molar-refractivity contribution in [3.8, 4) is 11.1 Å². The van der Waals surface area contributed by atoms with Gasteiger partial charge in [-0.15, -0.1) is 0 Å². The van der Waals surface area contributed by atoms with Crippen LogP contribution < -0.4 is 5.73 Å². The van der Waals surface area contributed by atoms with E-state index in [0.717, 1.165) is 19.3 Å². The summed E-state index contributed by atoms with van der Waals surface area (Å²) in [7, 11) is 0. The van der Waals surface area contributed by atoms with Crippen LogP contribution >= 0.6 is 0 Å². The minimum Gasteiger partial charge on any atom is -0.320 e. The molecule has 0 amide bonds. The van der Waals surface area contributed by atoms with Gasteiger partial charge in [-0.1, -0.05) is 133 Å². The third kappa shape index (κ3) is 3.88. The molecule has 0 saturated carbocycles. The molecule has 4 aliphatic carbocycles. The zero-order valence-corrected chi connectivity index (χ0v) is 22.6. The lowest BCUT2D eigenvalue weighted by atomic mass is 9.75. The van der Waals surface area contributed by atoms with Crippen molar-refractivity contribution in [2.24, 2.45) is 11.7 Å². The van der Waals surface area contributed by atoms with Crippen LogP contribution in [0.5, 0.6) is 0 Å². The summed E-state index contributed by atoms with van der Waals surface area (Å²) in [6, 6.07) is 37.6. The van der Waals surface area contributed by atoms with Gasteiger partial charge in [0.25, 0.3) is 0 Å². The Kier molecular flexibility index (Phi) is 5.60. The number of benzene rings is 4. The van der Waals surface area contributed by atoms with Crippen LogP contribution in [0, 0.1) is 5.92 Å². The molecule has 0 heterocycles. The second-order valence-electron chi connectivity index (χ2n) is 11.8.